The van der Waals surface area contributed by atoms with Crippen LogP contribution in [0.25, 0.3) is 0 Å². The molecule has 2 aromatic rings. The summed E-state index contributed by atoms with van der Waals surface area (Å²) < 4.78 is 10.6. The molecule has 0 bridgehead atoms. The molecule has 1 N–H and O–H groups in total. The largest absolute Gasteiger partial charge is 0.478 e. The van der Waals surface area contributed by atoms with Crippen LogP contribution in [0.3, 0.4) is 0 Å². The number of aryl methyl sites for hydroxylation is 3. The average molecular weight is 276 g/mol. The number of anilines is 1. The van der Waals surface area contributed by atoms with Crippen LogP contribution < -0.4 is 10.1 Å². The van der Waals surface area contributed by atoms with Crippen molar-refractivity contribution in [2.24, 2.45) is 0 Å². The lowest BCUT2D eigenvalue weighted by atomic mass is 10.3. The van der Waals surface area contributed by atoms with Gasteiger partial charge in [0.15, 0.2) is 5.89 Å². The van der Waals surface area contributed by atoms with Gasteiger partial charge >= 0.3 is 0 Å². The Hall–Kier alpha value is -2.44. The van der Waals surface area contributed by atoms with E-state index in [1.54, 1.807) is 26.8 Å². The van der Waals surface area contributed by atoms with Gasteiger partial charge in [-0.1, -0.05) is 0 Å². The number of ether oxygens (including phenoxy) is 1. The van der Waals surface area contributed by atoms with Crippen LogP contribution in [0, 0.1) is 20.8 Å². The Labute approximate surface area is 116 Å². The minimum absolute atomic E-state index is 0.158. The molecule has 7 nitrogen and oxygen atoms in total. The molecule has 0 saturated carbocycles. The van der Waals surface area contributed by atoms with E-state index in [1.165, 1.54) is 0 Å². The highest BCUT2D eigenvalue weighted by atomic mass is 16.5. The molecule has 0 aliphatic heterocycles. The average Bonchev–Trinajstić information content (AvgIpc) is 2.68. The second kappa shape index (κ2) is 5.68. The standard InChI is InChI=1S/C13H16N4O3/c1-5-19-10-6-7(2)14-13(16-10)17-12(18)11-8(3)15-9(4)20-11/h6H,5H2,1-4H3,(H,14,16,17,18). The quantitative estimate of drug-likeness (QED) is 0.919. The maximum absolute atomic E-state index is 12.1. The highest BCUT2D eigenvalue weighted by Crippen LogP contribution is 2.14. The zero-order valence-electron chi connectivity index (χ0n) is 11.9. The lowest BCUT2D eigenvalue weighted by Crippen LogP contribution is -2.15. The van der Waals surface area contributed by atoms with Gasteiger partial charge in [-0.15, -0.1) is 0 Å². The molecule has 0 saturated heterocycles. The van der Waals surface area contributed by atoms with Crippen molar-refractivity contribution in [3.05, 3.63) is 29.1 Å². The summed E-state index contributed by atoms with van der Waals surface area (Å²) in [6.45, 7) is 7.53. The summed E-state index contributed by atoms with van der Waals surface area (Å²) >= 11 is 0. The molecule has 106 valence electrons. The van der Waals surface area contributed by atoms with Gasteiger partial charge in [-0.3, -0.25) is 10.1 Å². The maximum Gasteiger partial charge on any atom is 0.295 e. The highest BCUT2D eigenvalue weighted by Gasteiger charge is 2.17. The normalized spacial score (nSPS) is 10.4. The number of hydrogen-bond donors (Lipinski definition) is 1. The fourth-order valence-electron chi connectivity index (χ4n) is 1.72. The Bertz CT molecular complexity index is 637. The van der Waals surface area contributed by atoms with Crippen LogP contribution in [0.1, 0.15) is 34.8 Å². The summed E-state index contributed by atoms with van der Waals surface area (Å²) in [7, 11) is 0. The van der Waals surface area contributed by atoms with E-state index in [9.17, 15) is 4.79 Å². The van der Waals surface area contributed by atoms with Gasteiger partial charge in [0.2, 0.25) is 17.6 Å². The first-order valence-corrected chi connectivity index (χ1v) is 6.23. The van der Waals surface area contributed by atoms with Crippen molar-refractivity contribution < 1.29 is 13.9 Å². The molecule has 0 aromatic carbocycles. The minimum atomic E-state index is -0.434. The second-order valence-electron chi connectivity index (χ2n) is 4.21. The summed E-state index contributed by atoms with van der Waals surface area (Å²) in [5.41, 5.74) is 1.22. The predicted octanol–water partition coefficient (Wildman–Crippen LogP) is 2.04. The third kappa shape index (κ3) is 3.11. The van der Waals surface area contributed by atoms with Crippen molar-refractivity contribution in [3.8, 4) is 5.88 Å². The van der Waals surface area contributed by atoms with Gasteiger partial charge in [0, 0.05) is 18.7 Å². The number of carbonyl (C=O) groups is 1. The zero-order chi connectivity index (χ0) is 14.7. The topological polar surface area (TPSA) is 90.1 Å². The SMILES string of the molecule is CCOc1cc(C)nc(NC(=O)c2oc(C)nc2C)n1. The van der Waals surface area contributed by atoms with Gasteiger partial charge in [0.25, 0.3) is 5.91 Å². The Balaban J connectivity index is 2.21. The smallest absolute Gasteiger partial charge is 0.295 e. The van der Waals surface area contributed by atoms with Crippen LogP contribution in [0.5, 0.6) is 5.88 Å². The Morgan fingerprint density at radius 1 is 1.30 bits per heavy atom. The Morgan fingerprint density at radius 2 is 2.05 bits per heavy atom. The molecule has 0 aliphatic carbocycles. The molecule has 20 heavy (non-hydrogen) atoms. The van der Waals surface area contributed by atoms with E-state index in [2.05, 4.69) is 20.3 Å². The van der Waals surface area contributed by atoms with Crippen LogP contribution in [0.15, 0.2) is 10.5 Å². The van der Waals surface area contributed by atoms with Gasteiger partial charge in [-0.05, 0) is 20.8 Å². The van der Waals surface area contributed by atoms with Gasteiger partial charge < -0.3 is 9.15 Å². The number of aromatic nitrogens is 3. The fraction of sp³-hybridized carbons (Fsp3) is 0.385. The molecule has 0 radical (unpaired) electrons. The molecular formula is C13H16N4O3. The zero-order valence-corrected chi connectivity index (χ0v) is 11.9. The first-order chi connectivity index (χ1) is 9.49. The molecule has 0 atom stereocenters. The first kappa shape index (κ1) is 14.0. The molecule has 0 unspecified atom stereocenters. The Morgan fingerprint density at radius 3 is 2.65 bits per heavy atom. The van der Waals surface area contributed by atoms with Crippen LogP contribution in [0.4, 0.5) is 5.95 Å². The van der Waals surface area contributed by atoms with Gasteiger partial charge in [0.1, 0.15) is 0 Å². The summed E-state index contributed by atoms with van der Waals surface area (Å²) in [5.74, 6) is 0.752. The van der Waals surface area contributed by atoms with Gasteiger partial charge in [-0.2, -0.15) is 4.98 Å². The molecular weight excluding hydrogens is 260 g/mol. The minimum Gasteiger partial charge on any atom is -0.478 e. The van der Waals surface area contributed by atoms with Gasteiger partial charge in [-0.25, -0.2) is 9.97 Å². The number of nitrogens with one attached hydrogen (secondary N) is 1. The fourth-order valence-corrected chi connectivity index (χ4v) is 1.72. The van der Waals surface area contributed by atoms with Crippen molar-refractivity contribution in [1.29, 1.82) is 0 Å². The molecule has 2 rings (SSSR count). The molecule has 0 spiro atoms. The third-order valence-corrected chi connectivity index (χ3v) is 2.46. The molecule has 2 heterocycles. The number of amides is 1. The monoisotopic (exact) mass is 276 g/mol. The van der Waals surface area contributed by atoms with E-state index in [0.29, 0.717) is 29.8 Å². The number of hydrogen-bond acceptors (Lipinski definition) is 6. The summed E-state index contributed by atoms with van der Waals surface area (Å²) in [6, 6.07) is 1.70. The van der Waals surface area contributed by atoms with E-state index in [-0.39, 0.29) is 11.7 Å². The van der Waals surface area contributed by atoms with Crippen molar-refractivity contribution in [2.75, 3.05) is 11.9 Å². The molecule has 0 fully saturated rings. The van der Waals surface area contributed by atoms with Crippen molar-refractivity contribution in [2.45, 2.75) is 27.7 Å². The molecule has 0 aliphatic rings. The van der Waals surface area contributed by atoms with E-state index in [0.717, 1.165) is 0 Å². The predicted molar refractivity (Wildman–Crippen MR) is 71.9 cm³/mol. The van der Waals surface area contributed by atoms with Crippen LogP contribution in [0.2, 0.25) is 0 Å². The van der Waals surface area contributed by atoms with Crippen molar-refractivity contribution in [1.82, 2.24) is 15.0 Å². The third-order valence-electron chi connectivity index (χ3n) is 2.46. The van der Waals surface area contributed by atoms with Crippen LogP contribution >= 0.6 is 0 Å². The lowest BCUT2D eigenvalue weighted by molar-refractivity contribution is 0.0993. The van der Waals surface area contributed by atoms with Crippen molar-refractivity contribution >= 4 is 11.9 Å². The lowest BCUT2D eigenvalue weighted by Gasteiger charge is -2.06. The summed E-state index contributed by atoms with van der Waals surface area (Å²) in [6.07, 6.45) is 0. The first-order valence-electron chi connectivity index (χ1n) is 6.23. The number of oxazole rings is 1. The van der Waals surface area contributed by atoms with Crippen molar-refractivity contribution in [3.63, 3.8) is 0 Å². The maximum atomic E-state index is 12.1. The van der Waals surface area contributed by atoms with E-state index < -0.39 is 5.91 Å². The van der Waals surface area contributed by atoms with Crippen LogP contribution in [-0.4, -0.2) is 27.5 Å². The highest BCUT2D eigenvalue weighted by molar-refractivity contribution is 6.01. The Kier molecular flexibility index (Phi) is 3.97. The summed E-state index contributed by atoms with van der Waals surface area (Å²) in [4.78, 5) is 24.3. The molecule has 1 amide bonds. The van der Waals surface area contributed by atoms with E-state index in [4.69, 9.17) is 9.15 Å². The molecule has 7 heteroatoms. The molecule has 2 aromatic heterocycles. The number of nitrogens with zero attached hydrogens (tertiary/aromatic N) is 3. The number of carbonyl (C=O) groups excluding carboxylic acids is 1. The summed E-state index contributed by atoms with van der Waals surface area (Å²) in [5, 5.41) is 2.58. The second-order valence-corrected chi connectivity index (χ2v) is 4.21. The van der Waals surface area contributed by atoms with Gasteiger partial charge in [0.05, 0.1) is 12.3 Å². The number of rotatable bonds is 4. The van der Waals surface area contributed by atoms with E-state index >= 15 is 0 Å². The van der Waals surface area contributed by atoms with E-state index in [1.807, 2.05) is 6.92 Å². The van der Waals surface area contributed by atoms with Crippen LogP contribution in [-0.2, 0) is 0 Å².